The van der Waals surface area contributed by atoms with Gasteiger partial charge in [0.15, 0.2) is 0 Å². The van der Waals surface area contributed by atoms with Crippen molar-refractivity contribution in [1.82, 2.24) is 0 Å². The summed E-state index contributed by atoms with van der Waals surface area (Å²) < 4.78 is 0. The summed E-state index contributed by atoms with van der Waals surface area (Å²) in [6.07, 6.45) is 1.76. The van der Waals surface area contributed by atoms with Crippen molar-refractivity contribution in [3.05, 3.63) is 12.7 Å². The zero-order valence-electron chi connectivity index (χ0n) is 2.67. The topological polar surface area (TPSA) is 0 Å². The Labute approximate surface area is 42.6 Å². The van der Waals surface area contributed by atoms with Gasteiger partial charge in [0.1, 0.15) is 0 Å². The summed E-state index contributed by atoms with van der Waals surface area (Å²) in [6, 6.07) is 0. The standard InChI is InChI=1S/C3H5.ClH.Cu/c1-3-2;;/h3H,1-2H2;1H;/q;;+1/p-1. The average molecular weight is 140 g/mol. The van der Waals surface area contributed by atoms with E-state index >= 15 is 0 Å². The van der Waals surface area contributed by atoms with Crippen LogP contribution in [0.1, 0.15) is 0 Å². The summed E-state index contributed by atoms with van der Waals surface area (Å²) >= 11 is 1.33. The van der Waals surface area contributed by atoms with E-state index in [0.717, 1.165) is 5.32 Å². The maximum atomic E-state index is 5.14. The van der Waals surface area contributed by atoms with E-state index in [1.165, 1.54) is 14.0 Å². The van der Waals surface area contributed by atoms with Crippen molar-refractivity contribution >= 4 is 10.1 Å². The van der Waals surface area contributed by atoms with E-state index in [1.807, 2.05) is 0 Å². The summed E-state index contributed by atoms with van der Waals surface area (Å²) in [5.74, 6) is 0. The maximum absolute atomic E-state index is 5.14. The van der Waals surface area contributed by atoms with E-state index in [-0.39, 0.29) is 0 Å². The van der Waals surface area contributed by atoms with Gasteiger partial charge in [0.05, 0.1) is 0 Å². The van der Waals surface area contributed by atoms with Gasteiger partial charge in [-0.15, -0.1) is 0 Å². The van der Waals surface area contributed by atoms with E-state index in [2.05, 4.69) is 6.58 Å². The molecule has 0 heterocycles. The third-order valence-corrected chi connectivity index (χ3v) is 0.934. The molecule has 0 unspecified atom stereocenters. The first-order valence-electron chi connectivity index (χ1n) is 1.14. The van der Waals surface area contributed by atoms with E-state index in [0.29, 0.717) is 0 Å². The molecule has 0 spiro atoms. The van der Waals surface area contributed by atoms with Crippen LogP contribution in [-0.4, -0.2) is 0 Å². The summed E-state index contributed by atoms with van der Waals surface area (Å²) in [7, 11) is 5.14. The molecule has 0 amide bonds. The second-order valence-electron chi connectivity index (χ2n) is 0.492. The Morgan fingerprint density at radius 1 is 2.00 bits per heavy atom. The minimum atomic E-state index is 0.824. The molecule has 0 radical (unpaired) electrons. The van der Waals surface area contributed by atoms with Crippen LogP contribution >= 0.6 is 10.1 Å². The van der Waals surface area contributed by atoms with Crippen molar-refractivity contribution in [3.63, 3.8) is 0 Å². The zero-order chi connectivity index (χ0) is 4.12. The molecule has 0 aromatic rings. The fourth-order valence-electron chi connectivity index (χ4n) is 0.0329. The fourth-order valence-corrected chi connectivity index (χ4v) is 0.407. The Kier molecular flexibility index (Phi) is 5.05. The third kappa shape index (κ3) is 4.55. The molecule has 0 atom stereocenters. The van der Waals surface area contributed by atoms with Crippen molar-refractivity contribution in [2.24, 2.45) is 0 Å². The Morgan fingerprint density at radius 2 is 2.60 bits per heavy atom. The van der Waals surface area contributed by atoms with E-state index in [9.17, 15) is 0 Å². The van der Waals surface area contributed by atoms with Gasteiger partial charge in [-0.1, -0.05) is 0 Å². The molecule has 0 saturated carbocycles. The SMILES string of the molecule is C=C[CH2][Cu][Cl]. The van der Waals surface area contributed by atoms with Gasteiger partial charge < -0.3 is 0 Å². The second-order valence-corrected chi connectivity index (χ2v) is 1.79. The monoisotopic (exact) mass is 139 g/mol. The molecule has 0 aromatic heterocycles. The predicted octanol–water partition coefficient (Wildman–Crippen LogP) is 1.83. The van der Waals surface area contributed by atoms with E-state index < -0.39 is 0 Å². The van der Waals surface area contributed by atoms with Gasteiger partial charge in [0.25, 0.3) is 0 Å². The number of allylic oxidation sites excluding steroid dienone is 1. The minimum absolute atomic E-state index is 0.824. The van der Waals surface area contributed by atoms with E-state index in [1.54, 1.807) is 6.08 Å². The molecule has 0 aromatic carbocycles. The Bertz CT molecular complexity index is 28.1. The van der Waals surface area contributed by atoms with Gasteiger partial charge in [-0.05, 0) is 0 Å². The molecule has 0 N–H and O–H groups in total. The molecule has 0 aliphatic rings. The van der Waals surface area contributed by atoms with Crippen molar-refractivity contribution in [2.75, 3.05) is 0 Å². The fraction of sp³-hybridized carbons (Fsp3) is 0.333. The summed E-state index contributed by atoms with van der Waals surface area (Å²) in [5.41, 5.74) is 0. The summed E-state index contributed by atoms with van der Waals surface area (Å²) in [4.78, 5) is 0. The quantitative estimate of drug-likeness (QED) is 0.405. The van der Waals surface area contributed by atoms with Crippen molar-refractivity contribution < 1.29 is 14.0 Å². The Balaban J connectivity index is 2.40. The molecule has 2 heteroatoms. The molecular weight excluding hydrogens is 135 g/mol. The first-order chi connectivity index (χ1) is 2.41. The molecule has 5 heavy (non-hydrogen) atoms. The van der Waals surface area contributed by atoms with Crippen molar-refractivity contribution in [1.29, 1.82) is 0 Å². The third-order valence-electron chi connectivity index (χ3n) is 0.134. The van der Waals surface area contributed by atoms with Crippen LogP contribution in [0, 0.1) is 0 Å². The Morgan fingerprint density at radius 3 is 2.60 bits per heavy atom. The predicted molar refractivity (Wildman–Crippen MR) is 20.9 cm³/mol. The van der Waals surface area contributed by atoms with Crippen LogP contribution < -0.4 is 0 Å². The molecule has 0 aliphatic heterocycles. The first kappa shape index (κ1) is 5.55. The Hall–Kier alpha value is 0.549. The zero-order valence-corrected chi connectivity index (χ0v) is 4.37. The summed E-state index contributed by atoms with van der Waals surface area (Å²) in [6.45, 7) is 3.44. The number of hydrogen-bond donors (Lipinski definition) is 0. The summed E-state index contributed by atoms with van der Waals surface area (Å²) in [5, 5.41) is 0.824. The van der Waals surface area contributed by atoms with E-state index in [4.69, 9.17) is 10.1 Å². The molecule has 0 rings (SSSR count). The van der Waals surface area contributed by atoms with Crippen LogP contribution in [-0.2, 0) is 14.0 Å². The normalized spacial score (nSPS) is 8.20. The first-order valence-corrected chi connectivity index (χ1v) is 3.11. The van der Waals surface area contributed by atoms with Crippen molar-refractivity contribution in [2.45, 2.75) is 5.32 Å². The van der Waals surface area contributed by atoms with Gasteiger partial charge in [0, 0.05) is 0 Å². The van der Waals surface area contributed by atoms with Crippen LogP contribution in [0.3, 0.4) is 0 Å². The van der Waals surface area contributed by atoms with Crippen LogP contribution in [0.2, 0.25) is 5.32 Å². The van der Waals surface area contributed by atoms with Gasteiger partial charge in [-0.25, -0.2) is 0 Å². The molecule has 0 saturated heterocycles. The average Bonchev–Trinajstić information content (AvgIpc) is 1.41. The van der Waals surface area contributed by atoms with Gasteiger partial charge >= 0.3 is 42.1 Å². The van der Waals surface area contributed by atoms with Crippen molar-refractivity contribution in [3.8, 4) is 0 Å². The van der Waals surface area contributed by atoms with Crippen LogP contribution in [0.15, 0.2) is 12.7 Å². The van der Waals surface area contributed by atoms with Crippen LogP contribution in [0.5, 0.6) is 0 Å². The number of rotatable bonds is 2. The van der Waals surface area contributed by atoms with Gasteiger partial charge in [-0.2, -0.15) is 0 Å². The molecular formula is C3H5ClCu. The van der Waals surface area contributed by atoms with Gasteiger partial charge in [0.2, 0.25) is 0 Å². The molecule has 0 nitrogen and oxygen atoms in total. The number of halogens is 1. The molecule has 0 fully saturated rings. The molecule has 0 bridgehead atoms. The molecule has 35 valence electrons. The second kappa shape index (κ2) is 4.55. The van der Waals surface area contributed by atoms with Crippen LogP contribution in [0.25, 0.3) is 0 Å². The molecule has 0 aliphatic carbocycles. The van der Waals surface area contributed by atoms with Gasteiger partial charge in [-0.3, -0.25) is 0 Å². The van der Waals surface area contributed by atoms with Crippen LogP contribution in [0.4, 0.5) is 0 Å². The number of hydrogen-bond acceptors (Lipinski definition) is 0.